The van der Waals surface area contributed by atoms with E-state index < -0.39 is 0 Å². The third kappa shape index (κ3) is 2.62. The summed E-state index contributed by atoms with van der Waals surface area (Å²) in [7, 11) is 1.66. The summed E-state index contributed by atoms with van der Waals surface area (Å²) >= 11 is 0. The minimum atomic E-state index is -0.341. The van der Waals surface area contributed by atoms with Gasteiger partial charge in [0.05, 0.1) is 5.54 Å². The molecule has 0 atom stereocenters. The summed E-state index contributed by atoms with van der Waals surface area (Å²) in [5.41, 5.74) is 0.855. The summed E-state index contributed by atoms with van der Waals surface area (Å²) in [5.74, 6) is 0. The predicted octanol–water partition coefficient (Wildman–Crippen LogP) is 2.59. The first-order chi connectivity index (χ1) is 10.6. The van der Waals surface area contributed by atoms with Crippen LogP contribution in [0.4, 0.5) is 10.5 Å². The van der Waals surface area contributed by atoms with Crippen LogP contribution >= 0.6 is 0 Å². The molecule has 2 aromatic rings. The molecule has 1 saturated carbocycles. The van der Waals surface area contributed by atoms with Crippen molar-refractivity contribution in [2.24, 2.45) is 7.05 Å². The highest BCUT2D eigenvalue weighted by Crippen LogP contribution is 2.41. The van der Waals surface area contributed by atoms with Crippen LogP contribution in [0.15, 0.2) is 53.5 Å². The van der Waals surface area contributed by atoms with Crippen LogP contribution in [0.3, 0.4) is 0 Å². The molecule has 0 bridgehead atoms. The molecule has 1 aromatic heterocycles. The van der Waals surface area contributed by atoms with Crippen molar-refractivity contribution in [3.63, 3.8) is 0 Å². The molecule has 3 rings (SSSR count). The standard InChI is InChI=1S/C17H19N3O2/c1-20-12-5-9-14(15(20)21)18-16(22)19-17(10-6-11-17)13-7-3-2-4-8-13/h2-5,7-9,12H,6,10-11H2,1H3,(H2,18,19,22). The number of benzene rings is 1. The van der Waals surface area contributed by atoms with Gasteiger partial charge in [0.1, 0.15) is 5.69 Å². The first-order valence-electron chi connectivity index (χ1n) is 7.41. The van der Waals surface area contributed by atoms with Gasteiger partial charge in [-0.15, -0.1) is 0 Å². The van der Waals surface area contributed by atoms with Crippen molar-refractivity contribution >= 4 is 11.7 Å². The van der Waals surface area contributed by atoms with Crippen molar-refractivity contribution in [2.45, 2.75) is 24.8 Å². The highest BCUT2D eigenvalue weighted by molar-refractivity contribution is 5.89. The Labute approximate surface area is 129 Å². The molecule has 22 heavy (non-hydrogen) atoms. The average Bonchev–Trinajstić information content (AvgIpc) is 2.49. The second-order valence-corrected chi connectivity index (χ2v) is 5.72. The zero-order chi connectivity index (χ0) is 15.6. The minimum Gasteiger partial charge on any atom is -0.328 e. The fraction of sp³-hybridized carbons (Fsp3) is 0.294. The van der Waals surface area contributed by atoms with Gasteiger partial charge in [-0.1, -0.05) is 30.3 Å². The number of carbonyl (C=O) groups is 1. The molecule has 5 nitrogen and oxygen atoms in total. The number of hydrogen-bond donors (Lipinski definition) is 2. The van der Waals surface area contributed by atoms with Gasteiger partial charge in [-0.25, -0.2) is 4.79 Å². The quantitative estimate of drug-likeness (QED) is 0.914. The molecular weight excluding hydrogens is 278 g/mol. The summed E-state index contributed by atoms with van der Waals surface area (Å²) in [6.07, 6.45) is 4.57. The Morgan fingerprint density at radius 1 is 1.14 bits per heavy atom. The summed E-state index contributed by atoms with van der Waals surface area (Å²) < 4.78 is 1.44. The maximum absolute atomic E-state index is 12.3. The van der Waals surface area contributed by atoms with Gasteiger partial charge in [-0.05, 0) is 37.0 Å². The number of aromatic nitrogens is 1. The van der Waals surface area contributed by atoms with Gasteiger partial charge in [0.2, 0.25) is 0 Å². The van der Waals surface area contributed by atoms with Crippen LogP contribution in [0.5, 0.6) is 0 Å². The van der Waals surface area contributed by atoms with Gasteiger partial charge in [0.15, 0.2) is 0 Å². The van der Waals surface area contributed by atoms with Gasteiger partial charge < -0.3 is 15.2 Å². The lowest BCUT2D eigenvalue weighted by molar-refractivity contribution is 0.185. The number of nitrogens with one attached hydrogen (secondary N) is 2. The van der Waals surface area contributed by atoms with Crippen LogP contribution < -0.4 is 16.2 Å². The number of pyridine rings is 1. The number of aryl methyl sites for hydroxylation is 1. The van der Waals surface area contributed by atoms with Crippen LogP contribution in [0.25, 0.3) is 0 Å². The molecule has 0 saturated heterocycles. The summed E-state index contributed by atoms with van der Waals surface area (Å²) in [4.78, 5) is 24.2. The molecule has 1 heterocycles. The third-order valence-corrected chi connectivity index (χ3v) is 4.26. The van der Waals surface area contributed by atoms with E-state index in [1.165, 1.54) is 4.57 Å². The zero-order valence-corrected chi connectivity index (χ0v) is 12.5. The van der Waals surface area contributed by atoms with Crippen molar-refractivity contribution in [3.8, 4) is 0 Å². The molecule has 1 aliphatic carbocycles. The molecule has 0 spiro atoms. The second kappa shape index (κ2) is 5.67. The maximum atomic E-state index is 12.3. The monoisotopic (exact) mass is 297 g/mol. The summed E-state index contributed by atoms with van der Waals surface area (Å²) in [5, 5.41) is 5.70. The van der Waals surface area contributed by atoms with Crippen LogP contribution in [0, 0.1) is 0 Å². The van der Waals surface area contributed by atoms with E-state index in [1.807, 2.05) is 30.3 Å². The molecule has 1 aliphatic rings. The van der Waals surface area contributed by atoms with E-state index in [0.717, 1.165) is 24.8 Å². The van der Waals surface area contributed by atoms with Crippen LogP contribution in [0.1, 0.15) is 24.8 Å². The minimum absolute atomic E-state index is 0.222. The van der Waals surface area contributed by atoms with Gasteiger partial charge in [0.25, 0.3) is 5.56 Å². The van der Waals surface area contributed by atoms with Crippen molar-refractivity contribution < 1.29 is 4.79 Å². The van der Waals surface area contributed by atoms with E-state index in [0.29, 0.717) is 0 Å². The van der Waals surface area contributed by atoms with E-state index in [9.17, 15) is 9.59 Å². The zero-order valence-electron chi connectivity index (χ0n) is 12.5. The van der Waals surface area contributed by atoms with Crippen molar-refractivity contribution in [1.82, 2.24) is 9.88 Å². The van der Waals surface area contributed by atoms with E-state index in [2.05, 4.69) is 10.6 Å². The Morgan fingerprint density at radius 2 is 1.86 bits per heavy atom. The van der Waals surface area contributed by atoms with E-state index in [-0.39, 0.29) is 22.8 Å². The van der Waals surface area contributed by atoms with E-state index in [1.54, 1.807) is 25.4 Å². The number of urea groups is 1. The number of anilines is 1. The number of rotatable bonds is 3. The molecule has 1 aromatic carbocycles. The average molecular weight is 297 g/mol. The fourth-order valence-electron chi connectivity index (χ4n) is 2.84. The van der Waals surface area contributed by atoms with Crippen LogP contribution in [-0.2, 0) is 12.6 Å². The molecule has 2 amide bonds. The predicted molar refractivity (Wildman–Crippen MR) is 85.8 cm³/mol. The Morgan fingerprint density at radius 3 is 2.50 bits per heavy atom. The molecule has 0 unspecified atom stereocenters. The molecule has 0 radical (unpaired) electrons. The summed E-state index contributed by atoms with van der Waals surface area (Å²) in [6, 6.07) is 13.0. The van der Waals surface area contributed by atoms with Gasteiger partial charge in [-0.3, -0.25) is 4.79 Å². The fourth-order valence-corrected chi connectivity index (χ4v) is 2.84. The third-order valence-electron chi connectivity index (χ3n) is 4.26. The number of amides is 2. The van der Waals surface area contributed by atoms with Crippen molar-refractivity contribution in [1.29, 1.82) is 0 Å². The highest BCUT2D eigenvalue weighted by Gasteiger charge is 2.39. The van der Waals surface area contributed by atoms with Gasteiger partial charge in [-0.2, -0.15) is 0 Å². The Balaban J connectivity index is 1.76. The number of carbonyl (C=O) groups excluding carboxylic acids is 1. The molecular formula is C17H19N3O2. The topological polar surface area (TPSA) is 63.1 Å². The second-order valence-electron chi connectivity index (χ2n) is 5.72. The largest absolute Gasteiger partial charge is 0.328 e. The number of nitrogens with zero attached hydrogens (tertiary/aromatic N) is 1. The first-order valence-corrected chi connectivity index (χ1v) is 7.41. The lowest BCUT2D eigenvalue weighted by Crippen LogP contribution is -2.52. The smallest absolute Gasteiger partial charge is 0.320 e. The SMILES string of the molecule is Cn1cccc(NC(=O)NC2(c3ccccc3)CCC2)c1=O. The van der Waals surface area contributed by atoms with Gasteiger partial charge in [0, 0.05) is 13.2 Å². The Bertz CT molecular complexity index is 733. The lowest BCUT2D eigenvalue weighted by Gasteiger charge is -2.43. The molecule has 114 valence electrons. The lowest BCUT2D eigenvalue weighted by atomic mass is 9.72. The molecule has 2 N–H and O–H groups in total. The van der Waals surface area contributed by atoms with Crippen LogP contribution in [0.2, 0.25) is 0 Å². The van der Waals surface area contributed by atoms with E-state index >= 15 is 0 Å². The summed E-state index contributed by atoms with van der Waals surface area (Å²) in [6.45, 7) is 0. The molecule has 1 fully saturated rings. The van der Waals surface area contributed by atoms with Gasteiger partial charge >= 0.3 is 6.03 Å². The van der Waals surface area contributed by atoms with Crippen LogP contribution in [-0.4, -0.2) is 10.6 Å². The normalized spacial score (nSPS) is 15.7. The Kier molecular flexibility index (Phi) is 3.71. The van der Waals surface area contributed by atoms with E-state index in [4.69, 9.17) is 0 Å². The van der Waals surface area contributed by atoms with Crippen molar-refractivity contribution in [3.05, 3.63) is 64.6 Å². The number of hydrogen-bond acceptors (Lipinski definition) is 2. The highest BCUT2D eigenvalue weighted by atomic mass is 16.2. The maximum Gasteiger partial charge on any atom is 0.320 e. The molecule has 5 heteroatoms. The first kappa shape index (κ1) is 14.4. The Hall–Kier alpha value is -2.56. The van der Waals surface area contributed by atoms with Crippen molar-refractivity contribution in [2.75, 3.05) is 5.32 Å². The molecule has 0 aliphatic heterocycles.